The van der Waals surface area contributed by atoms with Crippen LogP contribution in [0.1, 0.15) is 23.9 Å². The number of nitrogens with zero attached hydrogens (tertiary/aromatic N) is 2. The highest BCUT2D eigenvalue weighted by atomic mass is 35.5. The van der Waals surface area contributed by atoms with Crippen LogP contribution in [-0.2, 0) is 26.3 Å². The van der Waals surface area contributed by atoms with Crippen molar-refractivity contribution in [3.8, 4) is 0 Å². The van der Waals surface area contributed by atoms with Crippen LogP contribution in [0.25, 0.3) is 0 Å². The molecular formula is C15H18ClFN2O. The normalized spacial score (nSPS) is 12.7. The molecule has 2 rings (SSSR count). The zero-order chi connectivity index (χ0) is 14.7. The third kappa shape index (κ3) is 3.38. The molecular weight excluding hydrogens is 279 g/mol. The molecule has 0 amide bonds. The van der Waals surface area contributed by atoms with Crippen LogP contribution in [0.3, 0.4) is 0 Å². The van der Waals surface area contributed by atoms with E-state index in [2.05, 4.69) is 5.10 Å². The van der Waals surface area contributed by atoms with Crippen LogP contribution >= 0.6 is 11.6 Å². The predicted molar refractivity (Wildman–Crippen MR) is 77.4 cm³/mol. The maximum absolute atomic E-state index is 12.8. The van der Waals surface area contributed by atoms with Crippen molar-refractivity contribution in [2.75, 3.05) is 0 Å². The predicted octanol–water partition coefficient (Wildman–Crippen LogP) is 2.92. The minimum absolute atomic E-state index is 0.273. The van der Waals surface area contributed by atoms with Crippen LogP contribution in [0.4, 0.5) is 4.39 Å². The summed E-state index contributed by atoms with van der Waals surface area (Å²) >= 11 is 6.25. The number of rotatable bonds is 5. The van der Waals surface area contributed by atoms with Gasteiger partial charge in [0.2, 0.25) is 0 Å². The van der Waals surface area contributed by atoms with Crippen LogP contribution in [0, 0.1) is 5.82 Å². The maximum Gasteiger partial charge on any atom is 0.123 e. The Bertz CT molecular complexity index is 580. The molecule has 1 aromatic carbocycles. The monoisotopic (exact) mass is 296 g/mol. The molecule has 108 valence electrons. The van der Waals surface area contributed by atoms with E-state index < -0.39 is 6.10 Å². The Morgan fingerprint density at radius 2 is 1.95 bits per heavy atom. The molecule has 0 saturated heterocycles. The fraction of sp³-hybridized carbons (Fsp3) is 0.400. The quantitative estimate of drug-likeness (QED) is 0.921. The molecule has 20 heavy (non-hydrogen) atoms. The van der Waals surface area contributed by atoms with Gasteiger partial charge < -0.3 is 5.11 Å². The van der Waals surface area contributed by atoms with Gasteiger partial charge in [-0.1, -0.05) is 30.7 Å². The van der Waals surface area contributed by atoms with E-state index in [1.54, 1.807) is 16.8 Å². The van der Waals surface area contributed by atoms with Crippen molar-refractivity contribution in [2.24, 2.45) is 7.05 Å². The van der Waals surface area contributed by atoms with E-state index in [1.165, 1.54) is 12.1 Å². The summed E-state index contributed by atoms with van der Waals surface area (Å²) in [7, 11) is 1.82. The topological polar surface area (TPSA) is 38.0 Å². The van der Waals surface area contributed by atoms with Gasteiger partial charge in [0, 0.05) is 13.5 Å². The second-order valence-electron chi connectivity index (χ2n) is 4.87. The molecule has 0 spiro atoms. The van der Waals surface area contributed by atoms with Gasteiger partial charge in [-0.25, -0.2) is 4.39 Å². The lowest BCUT2D eigenvalue weighted by Gasteiger charge is -2.11. The van der Waals surface area contributed by atoms with Crippen LogP contribution < -0.4 is 0 Å². The molecule has 1 heterocycles. The summed E-state index contributed by atoms with van der Waals surface area (Å²) in [5.41, 5.74) is 2.57. The lowest BCUT2D eigenvalue weighted by atomic mass is 10.0. The molecule has 1 N–H and O–H groups in total. The van der Waals surface area contributed by atoms with Crippen LogP contribution in [0.5, 0.6) is 0 Å². The Hall–Kier alpha value is -1.39. The van der Waals surface area contributed by atoms with E-state index in [9.17, 15) is 9.50 Å². The van der Waals surface area contributed by atoms with Crippen LogP contribution in [0.15, 0.2) is 24.3 Å². The summed E-state index contributed by atoms with van der Waals surface area (Å²) in [5.74, 6) is -0.273. The molecule has 3 nitrogen and oxygen atoms in total. The van der Waals surface area contributed by atoms with Gasteiger partial charge in [-0.2, -0.15) is 5.10 Å². The third-order valence-electron chi connectivity index (χ3n) is 3.32. The summed E-state index contributed by atoms with van der Waals surface area (Å²) in [6.45, 7) is 1.99. The Morgan fingerprint density at radius 1 is 1.30 bits per heavy atom. The summed E-state index contributed by atoms with van der Waals surface area (Å²) in [6, 6.07) is 6.16. The Labute approximate surface area is 123 Å². The van der Waals surface area contributed by atoms with E-state index >= 15 is 0 Å². The largest absolute Gasteiger partial charge is 0.392 e. The molecule has 0 aliphatic carbocycles. The highest BCUT2D eigenvalue weighted by Gasteiger charge is 2.16. The smallest absolute Gasteiger partial charge is 0.123 e. The van der Waals surface area contributed by atoms with Crippen LogP contribution in [0.2, 0.25) is 5.02 Å². The van der Waals surface area contributed by atoms with E-state index in [1.807, 2.05) is 14.0 Å². The molecule has 1 unspecified atom stereocenters. The molecule has 0 saturated carbocycles. The first-order valence-electron chi connectivity index (χ1n) is 6.64. The third-order valence-corrected chi connectivity index (χ3v) is 3.75. The van der Waals surface area contributed by atoms with Crippen molar-refractivity contribution in [3.63, 3.8) is 0 Å². The van der Waals surface area contributed by atoms with Gasteiger partial charge in [-0.3, -0.25) is 4.68 Å². The van der Waals surface area contributed by atoms with E-state index in [0.29, 0.717) is 17.9 Å². The van der Waals surface area contributed by atoms with Crippen molar-refractivity contribution in [2.45, 2.75) is 32.3 Å². The van der Waals surface area contributed by atoms with Crippen molar-refractivity contribution in [1.82, 2.24) is 9.78 Å². The highest BCUT2D eigenvalue weighted by Crippen LogP contribution is 2.22. The zero-order valence-electron chi connectivity index (χ0n) is 11.6. The van der Waals surface area contributed by atoms with Crippen molar-refractivity contribution >= 4 is 11.6 Å². The first kappa shape index (κ1) is 15.0. The maximum atomic E-state index is 12.8. The molecule has 0 aliphatic heterocycles. The SMILES string of the molecule is CCc1nn(C)c(CC(O)Cc2ccc(F)cc2)c1Cl. The fourth-order valence-corrected chi connectivity index (χ4v) is 2.60. The van der Waals surface area contributed by atoms with Crippen molar-refractivity contribution in [1.29, 1.82) is 0 Å². The molecule has 2 aromatic rings. The number of aromatic nitrogens is 2. The zero-order valence-corrected chi connectivity index (χ0v) is 12.4. The molecule has 5 heteroatoms. The van der Waals surface area contributed by atoms with Gasteiger partial charge in [-0.15, -0.1) is 0 Å². The molecule has 1 atom stereocenters. The number of aryl methyl sites for hydroxylation is 2. The number of hydrogen-bond acceptors (Lipinski definition) is 2. The van der Waals surface area contributed by atoms with Gasteiger partial charge in [0.1, 0.15) is 5.82 Å². The minimum Gasteiger partial charge on any atom is -0.392 e. The number of benzene rings is 1. The Morgan fingerprint density at radius 3 is 2.50 bits per heavy atom. The minimum atomic E-state index is -0.571. The van der Waals surface area contributed by atoms with Gasteiger partial charge in [0.25, 0.3) is 0 Å². The first-order chi connectivity index (χ1) is 9.51. The fourth-order valence-electron chi connectivity index (χ4n) is 2.23. The van der Waals surface area contributed by atoms with Crippen LogP contribution in [-0.4, -0.2) is 21.0 Å². The molecule has 1 aromatic heterocycles. The first-order valence-corrected chi connectivity index (χ1v) is 7.01. The Balaban J connectivity index is 2.06. The highest BCUT2D eigenvalue weighted by molar-refractivity contribution is 6.31. The lowest BCUT2D eigenvalue weighted by molar-refractivity contribution is 0.173. The number of aliphatic hydroxyl groups excluding tert-OH is 1. The number of aliphatic hydroxyl groups is 1. The second-order valence-corrected chi connectivity index (χ2v) is 5.25. The Kier molecular flexibility index (Phi) is 4.78. The van der Waals surface area contributed by atoms with Gasteiger partial charge in [0.15, 0.2) is 0 Å². The standard InChI is InChI=1S/C15H18ClFN2O/c1-3-13-15(16)14(19(2)18-13)9-12(20)8-10-4-6-11(17)7-5-10/h4-7,12,20H,3,8-9H2,1-2H3. The van der Waals surface area contributed by atoms with Crippen molar-refractivity contribution < 1.29 is 9.50 Å². The summed E-state index contributed by atoms with van der Waals surface area (Å²) in [4.78, 5) is 0. The molecule has 0 bridgehead atoms. The van der Waals surface area contributed by atoms with E-state index in [0.717, 1.165) is 23.4 Å². The van der Waals surface area contributed by atoms with E-state index in [4.69, 9.17) is 11.6 Å². The molecule has 0 aliphatic rings. The molecule has 0 radical (unpaired) electrons. The second kappa shape index (κ2) is 6.37. The van der Waals surface area contributed by atoms with Crippen molar-refractivity contribution in [3.05, 3.63) is 52.1 Å². The average molecular weight is 297 g/mol. The lowest BCUT2D eigenvalue weighted by Crippen LogP contribution is -2.16. The molecule has 0 fully saturated rings. The van der Waals surface area contributed by atoms with Gasteiger partial charge in [0.05, 0.1) is 22.5 Å². The number of halogens is 2. The van der Waals surface area contributed by atoms with E-state index in [-0.39, 0.29) is 5.82 Å². The summed E-state index contributed by atoms with van der Waals surface area (Å²) in [5, 5.41) is 15.1. The summed E-state index contributed by atoms with van der Waals surface area (Å²) < 4.78 is 14.5. The van der Waals surface area contributed by atoms with Gasteiger partial charge >= 0.3 is 0 Å². The summed E-state index contributed by atoms with van der Waals surface area (Å²) in [6.07, 6.45) is 1.09. The average Bonchev–Trinajstić information content (AvgIpc) is 2.69. The number of hydrogen-bond donors (Lipinski definition) is 1. The van der Waals surface area contributed by atoms with Gasteiger partial charge in [-0.05, 0) is 30.5 Å².